The lowest BCUT2D eigenvalue weighted by Gasteiger charge is -2.08. The van der Waals surface area contributed by atoms with Crippen molar-refractivity contribution in [2.75, 3.05) is 0 Å². The Balaban J connectivity index is 3.92. The SMILES string of the molecule is N[C@H](C(=O)O)C(F)CC(=O)O. The molecular formula is C5H8FNO4. The van der Waals surface area contributed by atoms with Crippen molar-refractivity contribution in [1.82, 2.24) is 0 Å². The van der Waals surface area contributed by atoms with Gasteiger partial charge in [0.05, 0.1) is 6.42 Å². The van der Waals surface area contributed by atoms with Crippen LogP contribution in [0.15, 0.2) is 0 Å². The fourth-order valence-corrected chi connectivity index (χ4v) is 0.448. The maximum absolute atomic E-state index is 12.4. The standard InChI is InChI=1S/C5H8FNO4/c6-2(1-3(8)9)4(7)5(10)11/h2,4H,1,7H2,(H,8,9)(H,10,11)/t2?,4-/m0/s1. The van der Waals surface area contributed by atoms with E-state index in [-0.39, 0.29) is 0 Å². The molecule has 0 heterocycles. The Labute approximate surface area is 61.6 Å². The first-order valence-corrected chi connectivity index (χ1v) is 2.79. The number of aliphatic carboxylic acids is 2. The highest BCUT2D eigenvalue weighted by Crippen LogP contribution is 2.02. The van der Waals surface area contributed by atoms with E-state index in [9.17, 15) is 14.0 Å². The Bertz CT molecular complexity index is 172. The van der Waals surface area contributed by atoms with Gasteiger partial charge in [0.1, 0.15) is 12.2 Å². The highest BCUT2D eigenvalue weighted by molar-refractivity contribution is 5.76. The predicted molar refractivity (Wildman–Crippen MR) is 32.8 cm³/mol. The number of rotatable bonds is 4. The number of nitrogens with two attached hydrogens (primary N) is 1. The predicted octanol–water partition coefficient (Wildman–Crippen LogP) is -0.789. The minimum absolute atomic E-state index is 0.881. The van der Waals surface area contributed by atoms with Gasteiger partial charge in [-0.1, -0.05) is 0 Å². The number of alkyl halides is 1. The Morgan fingerprint density at radius 1 is 1.45 bits per heavy atom. The van der Waals surface area contributed by atoms with Gasteiger partial charge in [-0.2, -0.15) is 0 Å². The van der Waals surface area contributed by atoms with Crippen LogP contribution in [-0.2, 0) is 9.59 Å². The van der Waals surface area contributed by atoms with Gasteiger partial charge in [0, 0.05) is 0 Å². The topological polar surface area (TPSA) is 101 Å². The first kappa shape index (κ1) is 9.83. The summed E-state index contributed by atoms with van der Waals surface area (Å²) in [7, 11) is 0. The van der Waals surface area contributed by atoms with Crippen LogP contribution in [0.1, 0.15) is 6.42 Å². The van der Waals surface area contributed by atoms with E-state index >= 15 is 0 Å². The van der Waals surface area contributed by atoms with Gasteiger partial charge in [-0.25, -0.2) is 4.39 Å². The molecule has 1 unspecified atom stereocenters. The molecule has 0 aromatic heterocycles. The van der Waals surface area contributed by atoms with E-state index in [1.54, 1.807) is 0 Å². The summed E-state index contributed by atoms with van der Waals surface area (Å²) in [4.78, 5) is 19.8. The molecular weight excluding hydrogens is 157 g/mol. The summed E-state index contributed by atoms with van der Waals surface area (Å²) in [6, 6.07) is -1.76. The van der Waals surface area contributed by atoms with Crippen LogP contribution in [-0.4, -0.2) is 34.4 Å². The van der Waals surface area contributed by atoms with Crippen LogP contribution < -0.4 is 5.73 Å². The molecule has 6 heteroatoms. The third kappa shape index (κ3) is 3.51. The summed E-state index contributed by atoms with van der Waals surface area (Å²) in [5, 5.41) is 16.1. The maximum Gasteiger partial charge on any atom is 0.323 e. The molecule has 0 amide bonds. The fourth-order valence-electron chi connectivity index (χ4n) is 0.448. The number of hydrogen-bond acceptors (Lipinski definition) is 3. The zero-order chi connectivity index (χ0) is 9.02. The van der Waals surface area contributed by atoms with Gasteiger partial charge in [0.25, 0.3) is 0 Å². The lowest BCUT2D eigenvalue weighted by atomic mass is 10.1. The number of carboxylic acid groups (broad SMARTS) is 2. The Morgan fingerprint density at radius 2 is 1.91 bits per heavy atom. The van der Waals surface area contributed by atoms with Gasteiger partial charge in [-0.05, 0) is 0 Å². The normalized spacial score (nSPS) is 15.5. The maximum atomic E-state index is 12.4. The lowest BCUT2D eigenvalue weighted by Crippen LogP contribution is -2.40. The van der Waals surface area contributed by atoms with Crippen LogP contribution in [0.4, 0.5) is 4.39 Å². The fraction of sp³-hybridized carbons (Fsp3) is 0.600. The average Bonchev–Trinajstić information content (AvgIpc) is 1.84. The van der Waals surface area contributed by atoms with Crippen molar-refractivity contribution in [3.05, 3.63) is 0 Å². The quantitative estimate of drug-likeness (QED) is 0.506. The van der Waals surface area contributed by atoms with Crippen molar-refractivity contribution >= 4 is 11.9 Å². The van der Waals surface area contributed by atoms with Gasteiger partial charge in [0.2, 0.25) is 0 Å². The minimum atomic E-state index is -2.04. The van der Waals surface area contributed by atoms with Gasteiger partial charge >= 0.3 is 11.9 Å². The summed E-state index contributed by atoms with van der Waals surface area (Å²) in [5.74, 6) is -2.95. The molecule has 0 aliphatic carbocycles. The van der Waals surface area contributed by atoms with E-state index in [0.717, 1.165) is 0 Å². The summed E-state index contributed by atoms with van der Waals surface area (Å²) in [5.41, 5.74) is 4.77. The molecule has 0 aliphatic rings. The lowest BCUT2D eigenvalue weighted by molar-refractivity contribution is -0.142. The Hall–Kier alpha value is -1.17. The van der Waals surface area contributed by atoms with Crippen LogP contribution in [0.25, 0.3) is 0 Å². The van der Waals surface area contributed by atoms with Crippen molar-refractivity contribution < 1.29 is 24.2 Å². The Kier molecular flexibility index (Phi) is 3.46. The van der Waals surface area contributed by atoms with Crippen LogP contribution in [0.3, 0.4) is 0 Å². The van der Waals surface area contributed by atoms with Crippen molar-refractivity contribution in [2.45, 2.75) is 18.6 Å². The highest BCUT2D eigenvalue weighted by Gasteiger charge is 2.25. The zero-order valence-corrected chi connectivity index (χ0v) is 5.53. The van der Waals surface area contributed by atoms with Crippen LogP contribution >= 0.6 is 0 Å². The molecule has 5 nitrogen and oxygen atoms in total. The van der Waals surface area contributed by atoms with Crippen molar-refractivity contribution in [1.29, 1.82) is 0 Å². The molecule has 0 aromatic rings. The monoisotopic (exact) mass is 165 g/mol. The highest BCUT2D eigenvalue weighted by atomic mass is 19.1. The van der Waals surface area contributed by atoms with Crippen molar-refractivity contribution in [3.8, 4) is 0 Å². The van der Waals surface area contributed by atoms with E-state index in [1.165, 1.54) is 0 Å². The summed E-state index contributed by atoms with van der Waals surface area (Å²) in [6.45, 7) is 0. The van der Waals surface area contributed by atoms with Crippen molar-refractivity contribution in [3.63, 3.8) is 0 Å². The number of halogens is 1. The second-order valence-electron chi connectivity index (χ2n) is 1.98. The first-order valence-electron chi connectivity index (χ1n) is 2.79. The zero-order valence-electron chi connectivity index (χ0n) is 5.53. The Morgan fingerprint density at radius 3 is 2.18 bits per heavy atom. The van der Waals surface area contributed by atoms with Gasteiger partial charge in [-0.15, -0.1) is 0 Å². The molecule has 0 aromatic carbocycles. The molecule has 0 saturated carbocycles. The molecule has 0 fully saturated rings. The largest absolute Gasteiger partial charge is 0.481 e. The molecule has 4 N–H and O–H groups in total. The number of carboxylic acids is 2. The molecule has 0 rings (SSSR count). The van der Waals surface area contributed by atoms with Crippen molar-refractivity contribution in [2.24, 2.45) is 5.73 Å². The average molecular weight is 165 g/mol. The molecule has 64 valence electrons. The van der Waals surface area contributed by atoms with E-state index in [2.05, 4.69) is 0 Å². The van der Waals surface area contributed by atoms with Gasteiger partial charge < -0.3 is 15.9 Å². The van der Waals surface area contributed by atoms with Crippen LogP contribution in [0, 0.1) is 0 Å². The van der Waals surface area contributed by atoms with Crippen LogP contribution in [0.2, 0.25) is 0 Å². The third-order valence-electron chi connectivity index (χ3n) is 1.04. The third-order valence-corrected chi connectivity index (χ3v) is 1.04. The van der Waals surface area contributed by atoms with E-state index in [0.29, 0.717) is 0 Å². The smallest absolute Gasteiger partial charge is 0.323 e. The number of carbonyl (C=O) groups is 2. The molecule has 2 atom stereocenters. The molecule has 0 aliphatic heterocycles. The summed E-state index contributed by atoms with van der Waals surface area (Å²) < 4.78 is 12.4. The van der Waals surface area contributed by atoms with E-state index in [4.69, 9.17) is 15.9 Å². The molecule has 0 spiro atoms. The van der Waals surface area contributed by atoms with E-state index < -0.39 is 30.6 Å². The number of hydrogen-bond donors (Lipinski definition) is 3. The molecule has 11 heavy (non-hydrogen) atoms. The second-order valence-corrected chi connectivity index (χ2v) is 1.98. The second kappa shape index (κ2) is 3.87. The first-order chi connectivity index (χ1) is 4.95. The summed E-state index contributed by atoms with van der Waals surface area (Å²) in [6.07, 6.45) is -2.92. The minimum Gasteiger partial charge on any atom is -0.481 e. The van der Waals surface area contributed by atoms with E-state index in [1.807, 2.05) is 0 Å². The molecule has 0 radical (unpaired) electrons. The van der Waals surface area contributed by atoms with Gasteiger partial charge in [0.15, 0.2) is 0 Å². The molecule has 0 bridgehead atoms. The van der Waals surface area contributed by atoms with Crippen LogP contribution in [0.5, 0.6) is 0 Å². The summed E-state index contributed by atoms with van der Waals surface area (Å²) >= 11 is 0. The van der Waals surface area contributed by atoms with Gasteiger partial charge in [-0.3, -0.25) is 9.59 Å². The molecule has 0 saturated heterocycles.